The maximum atomic E-state index is 11.5. The fraction of sp³-hybridized carbons (Fsp3) is 0.778. The summed E-state index contributed by atoms with van der Waals surface area (Å²) in [6.45, 7) is 2.77. The second-order valence-corrected chi connectivity index (χ2v) is 6.00. The zero-order valence-corrected chi connectivity index (χ0v) is 14.1. The molecule has 0 spiro atoms. The van der Waals surface area contributed by atoms with Gasteiger partial charge in [-0.3, -0.25) is 5.10 Å². The van der Waals surface area contributed by atoms with Gasteiger partial charge in [0.05, 0.1) is 6.61 Å². The molecule has 0 fully saturated rings. The molecule has 0 bridgehead atoms. The molecule has 0 atom stereocenters. The third-order valence-electron chi connectivity index (χ3n) is 3.95. The highest BCUT2D eigenvalue weighted by Crippen LogP contribution is 2.12. The number of carbonyl (C=O) groups excluding carboxylic acids is 1. The van der Waals surface area contributed by atoms with Crippen molar-refractivity contribution in [3.63, 3.8) is 0 Å². The van der Waals surface area contributed by atoms with Crippen molar-refractivity contribution in [2.75, 3.05) is 6.61 Å². The van der Waals surface area contributed by atoms with Gasteiger partial charge in [-0.1, -0.05) is 77.6 Å². The minimum atomic E-state index is -0.305. The maximum Gasteiger partial charge on any atom is 0.356 e. The Morgan fingerprint density at radius 2 is 1.50 bits per heavy atom. The van der Waals surface area contributed by atoms with E-state index in [4.69, 9.17) is 4.74 Å². The lowest BCUT2D eigenvalue weighted by molar-refractivity contribution is 0.0490. The Balaban J connectivity index is 1.77. The van der Waals surface area contributed by atoms with Gasteiger partial charge >= 0.3 is 5.97 Å². The summed E-state index contributed by atoms with van der Waals surface area (Å²) in [5.74, 6) is -0.305. The van der Waals surface area contributed by atoms with E-state index in [1.165, 1.54) is 64.2 Å². The van der Waals surface area contributed by atoms with Gasteiger partial charge in [0.2, 0.25) is 0 Å². The van der Waals surface area contributed by atoms with Crippen LogP contribution in [0, 0.1) is 0 Å². The molecule has 0 aliphatic heterocycles. The third kappa shape index (κ3) is 9.59. The van der Waals surface area contributed by atoms with Crippen molar-refractivity contribution >= 4 is 5.97 Å². The molecular formula is C18H32N2O2. The fourth-order valence-electron chi connectivity index (χ4n) is 2.56. The van der Waals surface area contributed by atoms with Crippen LogP contribution < -0.4 is 0 Å². The van der Waals surface area contributed by atoms with Crippen LogP contribution in [0.2, 0.25) is 0 Å². The average molecular weight is 308 g/mol. The first-order valence-electron chi connectivity index (χ1n) is 9.01. The number of hydrogen-bond acceptors (Lipinski definition) is 3. The topological polar surface area (TPSA) is 55.0 Å². The van der Waals surface area contributed by atoms with Crippen LogP contribution in [0.5, 0.6) is 0 Å². The van der Waals surface area contributed by atoms with Crippen LogP contribution in [0.25, 0.3) is 0 Å². The minimum Gasteiger partial charge on any atom is -0.461 e. The number of ether oxygens (including phenoxy) is 1. The lowest BCUT2D eigenvalue weighted by Crippen LogP contribution is -2.06. The number of nitrogens with zero attached hydrogens (tertiary/aromatic N) is 1. The molecule has 4 heteroatoms. The second-order valence-electron chi connectivity index (χ2n) is 6.00. The number of carbonyl (C=O) groups is 1. The van der Waals surface area contributed by atoms with Crippen molar-refractivity contribution in [3.05, 3.63) is 18.0 Å². The summed E-state index contributed by atoms with van der Waals surface area (Å²) in [5, 5.41) is 6.34. The molecule has 22 heavy (non-hydrogen) atoms. The van der Waals surface area contributed by atoms with E-state index >= 15 is 0 Å². The van der Waals surface area contributed by atoms with Crippen LogP contribution in [0.1, 0.15) is 94.5 Å². The monoisotopic (exact) mass is 308 g/mol. The molecule has 0 saturated heterocycles. The number of unbranched alkanes of at least 4 members (excludes halogenated alkanes) is 11. The fourth-order valence-corrected chi connectivity index (χ4v) is 2.56. The van der Waals surface area contributed by atoms with Crippen molar-refractivity contribution in [1.82, 2.24) is 10.2 Å². The molecule has 0 aliphatic rings. The van der Waals surface area contributed by atoms with Crippen molar-refractivity contribution in [1.29, 1.82) is 0 Å². The molecule has 126 valence electrons. The zero-order chi connectivity index (χ0) is 15.9. The molecule has 0 saturated carbocycles. The summed E-state index contributed by atoms with van der Waals surface area (Å²) in [5.41, 5.74) is 0.430. The van der Waals surface area contributed by atoms with Crippen LogP contribution >= 0.6 is 0 Å². The first-order valence-corrected chi connectivity index (χ1v) is 9.01. The highest BCUT2D eigenvalue weighted by atomic mass is 16.5. The number of aromatic amines is 1. The Labute approximate surface area is 135 Å². The molecule has 0 aliphatic carbocycles. The van der Waals surface area contributed by atoms with E-state index < -0.39 is 0 Å². The summed E-state index contributed by atoms with van der Waals surface area (Å²) < 4.78 is 5.17. The SMILES string of the molecule is CCCCCCCCCCCCCCOC(=O)c1ccn[nH]1. The standard InChI is InChI=1S/C18H32N2O2/c1-2-3-4-5-6-7-8-9-10-11-12-13-16-22-18(21)17-14-15-19-20-17/h14-15H,2-13,16H2,1H3,(H,19,20). The molecule has 0 amide bonds. The first-order chi connectivity index (χ1) is 10.8. The lowest BCUT2D eigenvalue weighted by Gasteiger charge is -2.04. The van der Waals surface area contributed by atoms with E-state index in [-0.39, 0.29) is 5.97 Å². The molecule has 1 N–H and O–H groups in total. The second kappa shape index (κ2) is 13.4. The molecule has 1 rings (SSSR count). The normalized spacial score (nSPS) is 10.8. The first kappa shape index (κ1) is 18.7. The largest absolute Gasteiger partial charge is 0.461 e. The molecule has 1 aromatic heterocycles. The number of aromatic nitrogens is 2. The lowest BCUT2D eigenvalue weighted by atomic mass is 10.1. The summed E-state index contributed by atoms with van der Waals surface area (Å²) in [6, 6.07) is 1.63. The third-order valence-corrected chi connectivity index (χ3v) is 3.95. The number of nitrogens with one attached hydrogen (secondary N) is 1. The zero-order valence-electron chi connectivity index (χ0n) is 14.1. The minimum absolute atomic E-state index is 0.305. The molecule has 1 heterocycles. The number of esters is 1. The van der Waals surface area contributed by atoms with Crippen LogP contribution in [0.3, 0.4) is 0 Å². The van der Waals surface area contributed by atoms with Gasteiger partial charge in [-0.05, 0) is 12.5 Å². The Bertz CT molecular complexity index is 363. The summed E-state index contributed by atoms with van der Waals surface area (Å²) in [6.07, 6.45) is 17.3. The van der Waals surface area contributed by atoms with Gasteiger partial charge in [-0.15, -0.1) is 0 Å². The van der Waals surface area contributed by atoms with Gasteiger partial charge in [-0.25, -0.2) is 4.79 Å². The van der Waals surface area contributed by atoms with Crippen LogP contribution in [-0.2, 0) is 4.74 Å². The Hall–Kier alpha value is -1.32. The Morgan fingerprint density at radius 1 is 0.955 bits per heavy atom. The Kier molecular flexibility index (Phi) is 11.4. The quantitative estimate of drug-likeness (QED) is 0.376. The summed E-state index contributed by atoms with van der Waals surface area (Å²) in [4.78, 5) is 11.5. The van der Waals surface area contributed by atoms with Gasteiger partial charge < -0.3 is 4.74 Å². The van der Waals surface area contributed by atoms with Crippen LogP contribution in [-0.4, -0.2) is 22.8 Å². The van der Waals surface area contributed by atoms with E-state index in [2.05, 4.69) is 17.1 Å². The van der Waals surface area contributed by atoms with E-state index in [0.717, 1.165) is 12.8 Å². The summed E-state index contributed by atoms with van der Waals surface area (Å²) >= 11 is 0. The predicted octanol–water partition coefficient (Wildman–Crippen LogP) is 5.27. The molecule has 0 radical (unpaired) electrons. The van der Waals surface area contributed by atoms with Crippen molar-refractivity contribution < 1.29 is 9.53 Å². The molecular weight excluding hydrogens is 276 g/mol. The van der Waals surface area contributed by atoms with Crippen LogP contribution in [0.4, 0.5) is 0 Å². The van der Waals surface area contributed by atoms with Gasteiger partial charge in [-0.2, -0.15) is 5.10 Å². The Morgan fingerprint density at radius 3 is 2.00 bits per heavy atom. The van der Waals surface area contributed by atoms with E-state index in [0.29, 0.717) is 12.3 Å². The predicted molar refractivity (Wildman–Crippen MR) is 89.9 cm³/mol. The van der Waals surface area contributed by atoms with Crippen molar-refractivity contribution in [2.24, 2.45) is 0 Å². The van der Waals surface area contributed by atoms with E-state index in [1.807, 2.05) is 0 Å². The summed E-state index contributed by atoms with van der Waals surface area (Å²) in [7, 11) is 0. The van der Waals surface area contributed by atoms with E-state index in [9.17, 15) is 4.79 Å². The van der Waals surface area contributed by atoms with Crippen molar-refractivity contribution in [2.45, 2.75) is 84.0 Å². The highest BCUT2D eigenvalue weighted by Gasteiger charge is 2.06. The van der Waals surface area contributed by atoms with Gasteiger partial charge in [0.15, 0.2) is 0 Å². The van der Waals surface area contributed by atoms with Gasteiger partial charge in [0, 0.05) is 6.20 Å². The smallest absolute Gasteiger partial charge is 0.356 e. The average Bonchev–Trinajstić information content (AvgIpc) is 3.06. The van der Waals surface area contributed by atoms with Gasteiger partial charge in [0.1, 0.15) is 5.69 Å². The molecule has 0 aromatic carbocycles. The van der Waals surface area contributed by atoms with Crippen LogP contribution in [0.15, 0.2) is 12.3 Å². The maximum absolute atomic E-state index is 11.5. The van der Waals surface area contributed by atoms with Gasteiger partial charge in [0.25, 0.3) is 0 Å². The van der Waals surface area contributed by atoms with E-state index in [1.54, 1.807) is 12.3 Å². The molecule has 0 unspecified atom stereocenters. The molecule has 1 aromatic rings. The van der Waals surface area contributed by atoms with Crippen molar-refractivity contribution in [3.8, 4) is 0 Å². The molecule has 4 nitrogen and oxygen atoms in total. The highest BCUT2D eigenvalue weighted by molar-refractivity contribution is 5.86. The number of H-pyrrole nitrogens is 1. The number of hydrogen-bond donors (Lipinski definition) is 1. The number of rotatable bonds is 14.